The van der Waals surface area contributed by atoms with E-state index in [1.165, 1.54) is 0 Å². The van der Waals surface area contributed by atoms with Crippen molar-refractivity contribution in [2.24, 2.45) is 0 Å². The van der Waals surface area contributed by atoms with E-state index in [1.807, 2.05) is 19.9 Å². The zero-order chi connectivity index (χ0) is 13.9. The average molecular weight is 261 g/mol. The van der Waals surface area contributed by atoms with E-state index < -0.39 is 5.54 Å². The highest BCUT2D eigenvalue weighted by atomic mass is 16.5. The van der Waals surface area contributed by atoms with Crippen LogP contribution < -0.4 is 5.32 Å². The number of aliphatic hydroxyl groups is 1. The van der Waals surface area contributed by atoms with E-state index in [0.717, 1.165) is 24.2 Å². The highest BCUT2D eigenvalue weighted by Crippen LogP contribution is 2.28. The fourth-order valence-electron chi connectivity index (χ4n) is 2.44. The number of aryl methyl sites for hydroxylation is 2. The molecule has 0 spiro atoms. The number of ether oxygens (including phenoxy) is 1. The Balaban J connectivity index is 2.34. The van der Waals surface area contributed by atoms with Crippen LogP contribution in [0.25, 0.3) is 0 Å². The summed E-state index contributed by atoms with van der Waals surface area (Å²) in [6.07, 6.45) is 1.46. The van der Waals surface area contributed by atoms with Gasteiger partial charge in [0.05, 0.1) is 29.1 Å². The summed E-state index contributed by atoms with van der Waals surface area (Å²) < 4.78 is 5.34. The van der Waals surface area contributed by atoms with E-state index in [-0.39, 0.29) is 6.61 Å². The number of hydrogen-bond donors (Lipinski definition) is 2. The number of hydrogen-bond acceptors (Lipinski definition) is 5. The zero-order valence-electron chi connectivity index (χ0n) is 11.4. The molecule has 1 aromatic rings. The van der Waals surface area contributed by atoms with E-state index in [4.69, 9.17) is 4.74 Å². The van der Waals surface area contributed by atoms with Gasteiger partial charge in [-0.05, 0) is 32.8 Å². The fourth-order valence-corrected chi connectivity index (χ4v) is 2.44. The molecule has 0 amide bonds. The van der Waals surface area contributed by atoms with Crippen LogP contribution in [0.3, 0.4) is 0 Å². The largest absolute Gasteiger partial charge is 0.394 e. The molecule has 2 heterocycles. The minimum Gasteiger partial charge on any atom is -0.394 e. The van der Waals surface area contributed by atoms with Crippen molar-refractivity contribution in [3.05, 3.63) is 23.0 Å². The molecule has 102 valence electrons. The van der Waals surface area contributed by atoms with E-state index in [9.17, 15) is 10.4 Å². The Morgan fingerprint density at radius 1 is 1.47 bits per heavy atom. The monoisotopic (exact) mass is 261 g/mol. The molecule has 1 fully saturated rings. The molecule has 0 bridgehead atoms. The molecule has 1 aliphatic rings. The maximum Gasteiger partial charge on any atom is 0.103 e. The van der Waals surface area contributed by atoms with Crippen LogP contribution in [0.2, 0.25) is 0 Å². The van der Waals surface area contributed by atoms with Crippen molar-refractivity contribution >= 4 is 5.69 Å². The summed E-state index contributed by atoms with van der Waals surface area (Å²) in [4.78, 5) is 4.30. The minimum absolute atomic E-state index is 0.0294. The summed E-state index contributed by atoms with van der Waals surface area (Å²) in [6, 6.07) is 4.04. The standard InChI is InChI=1S/C14H19N3O2/c1-10-7-13(12(8-15)11(2)16-10)17-14(9-18)3-5-19-6-4-14/h7,18H,3-6,9H2,1-2H3,(H,16,17). The molecule has 2 N–H and O–H groups in total. The molecule has 19 heavy (non-hydrogen) atoms. The number of pyridine rings is 1. The Labute approximate surface area is 113 Å². The van der Waals surface area contributed by atoms with Crippen LogP contribution in [0.1, 0.15) is 29.8 Å². The molecule has 0 unspecified atom stereocenters. The molecular formula is C14H19N3O2. The van der Waals surface area contributed by atoms with Crippen LogP contribution in [-0.2, 0) is 4.74 Å². The predicted octanol–water partition coefficient (Wildman–Crippen LogP) is 1.52. The van der Waals surface area contributed by atoms with Crippen molar-refractivity contribution in [1.29, 1.82) is 5.26 Å². The Bertz CT molecular complexity index is 502. The van der Waals surface area contributed by atoms with Crippen molar-refractivity contribution in [2.75, 3.05) is 25.1 Å². The maximum atomic E-state index is 9.69. The number of anilines is 1. The van der Waals surface area contributed by atoms with Gasteiger partial charge in [0.25, 0.3) is 0 Å². The van der Waals surface area contributed by atoms with Crippen molar-refractivity contribution in [3.8, 4) is 6.07 Å². The van der Waals surface area contributed by atoms with Crippen molar-refractivity contribution < 1.29 is 9.84 Å². The molecule has 0 aliphatic carbocycles. The second kappa shape index (κ2) is 5.55. The molecule has 0 radical (unpaired) electrons. The molecule has 0 atom stereocenters. The van der Waals surface area contributed by atoms with Gasteiger partial charge in [-0.2, -0.15) is 5.26 Å². The van der Waals surface area contributed by atoms with E-state index in [0.29, 0.717) is 24.5 Å². The van der Waals surface area contributed by atoms with Gasteiger partial charge in [0, 0.05) is 18.9 Å². The summed E-state index contributed by atoms with van der Waals surface area (Å²) in [5.41, 5.74) is 2.47. The maximum absolute atomic E-state index is 9.69. The first-order valence-electron chi connectivity index (χ1n) is 6.45. The van der Waals surface area contributed by atoms with Gasteiger partial charge >= 0.3 is 0 Å². The zero-order valence-corrected chi connectivity index (χ0v) is 11.4. The summed E-state index contributed by atoms with van der Waals surface area (Å²) in [5.74, 6) is 0. The first kappa shape index (κ1) is 13.8. The Morgan fingerprint density at radius 3 is 2.74 bits per heavy atom. The number of aliphatic hydroxyl groups excluding tert-OH is 1. The lowest BCUT2D eigenvalue weighted by Gasteiger charge is -2.37. The van der Waals surface area contributed by atoms with Gasteiger partial charge in [0.2, 0.25) is 0 Å². The van der Waals surface area contributed by atoms with Crippen LogP contribution in [0.4, 0.5) is 5.69 Å². The summed E-state index contributed by atoms with van der Waals surface area (Å²) in [6.45, 7) is 5.00. The lowest BCUT2D eigenvalue weighted by Crippen LogP contribution is -2.47. The van der Waals surface area contributed by atoms with Crippen molar-refractivity contribution in [3.63, 3.8) is 0 Å². The Morgan fingerprint density at radius 2 is 2.16 bits per heavy atom. The number of rotatable bonds is 3. The number of nitrogens with one attached hydrogen (secondary N) is 1. The molecule has 1 saturated heterocycles. The number of aromatic nitrogens is 1. The SMILES string of the molecule is Cc1cc(NC2(CO)CCOCC2)c(C#N)c(C)n1. The van der Waals surface area contributed by atoms with Crippen LogP contribution in [0.15, 0.2) is 6.07 Å². The predicted molar refractivity (Wildman–Crippen MR) is 71.9 cm³/mol. The van der Waals surface area contributed by atoms with Gasteiger partial charge in [-0.3, -0.25) is 4.98 Å². The van der Waals surface area contributed by atoms with Gasteiger partial charge < -0.3 is 15.2 Å². The van der Waals surface area contributed by atoms with Gasteiger partial charge in [0.1, 0.15) is 6.07 Å². The Kier molecular flexibility index (Phi) is 4.03. The van der Waals surface area contributed by atoms with Gasteiger partial charge in [-0.15, -0.1) is 0 Å². The Hall–Kier alpha value is -1.64. The number of nitriles is 1. The second-order valence-electron chi connectivity index (χ2n) is 5.06. The molecular weight excluding hydrogens is 242 g/mol. The third-order valence-corrected chi connectivity index (χ3v) is 3.59. The summed E-state index contributed by atoms with van der Waals surface area (Å²) in [5, 5.41) is 22.3. The molecule has 2 rings (SSSR count). The normalized spacial score (nSPS) is 17.8. The first-order chi connectivity index (χ1) is 9.10. The molecule has 0 saturated carbocycles. The highest BCUT2D eigenvalue weighted by Gasteiger charge is 2.32. The molecule has 0 aromatic carbocycles. The van der Waals surface area contributed by atoms with Gasteiger partial charge in [-0.25, -0.2) is 0 Å². The third kappa shape index (κ3) is 2.86. The summed E-state index contributed by atoms with van der Waals surface area (Å²) in [7, 11) is 0. The summed E-state index contributed by atoms with van der Waals surface area (Å²) >= 11 is 0. The van der Waals surface area contributed by atoms with Gasteiger partial charge in [-0.1, -0.05) is 0 Å². The minimum atomic E-state index is -0.399. The van der Waals surface area contributed by atoms with E-state index in [1.54, 1.807) is 0 Å². The van der Waals surface area contributed by atoms with Crippen LogP contribution in [0, 0.1) is 25.2 Å². The first-order valence-corrected chi connectivity index (χ1v) is 6.45. The second-order valence-corrected chi connectivity index (χ2v) is 5.06. The van der Waals surface area contributed by atoms with Gasteiger partial charge in [0.15, 0.2) is 0 Å². The van der Waals surface area contributed by atoms with E-state index in [2.05, 4.69) is 16.4 Å². The van der Waals surface area contributed by atoms with Crippen LogP contribution in [0.5, 0.6) is 0 Å². The lowest BCUT2D eigenvalue weighted by molar-refractivity contribution is 0.0380. The van der Waals surface area contributed by atoms with Crippen LogP contribution >= 0.6 is 0 Å². The lowest BCUT2D eigenvalue weighted by atomic mass is 9.90. The average Bonchev–Trinajstić information content (AvgIpc) is 2.39. The van der Waals surface area contributed by atoms with Crippen molar-refractivity contribution in [2.45, 2.75) is 32.2 Å². The molecule has 5 nitrogen and oxygen atoms in total. The molecule has 1 aromatic heterocycles. The van der Waals surface area contributed by atoms with Crippen LogP contribution in [-0.4, -0.2) is 35.5 Å². The topological polar surface area (TPSA) is 78.2 Å². The quantitative estimate of drug-likeness (QED) is 0.862. The molecule has 5 heteroatoms. The van der Waals surface area contributed by atoms with Crippen molar-refractivity contribution in [1.82, 2.24) is 4.98 Å². The number of nitrogens with zero attached hydrogens (tertiary/aromatic N) is 2. The fraction of sp³-hybridized carbons (Fsp3) is 0.571. The smallest absolute Gasteiger partial charge is 0.103 e. The third-order valence-electron chi connectivity index (χ3n) is 3.59. The highest BCUT2D eigenvalue weighted by molar-refractivity contribution is 5.61. The molecule has 1 aliphatic heterocycles. The van der Waals surface area contributed by atoms with E-state index >= 15 is 0 Å².